The van der Waals surface area contributed by atoms with Crippen molar-refractivity contribution in [3.8, 4) is 0 Å². The van der Waals surface area contributed by atoms with Gasteiger partial charge in [0.2, 0.25) is 0 Å². The second-order valence-corrected chi connectivity index (χ2v) is 7.16. The Morgan fingerprint density at radius 1 is 1.08 bits per heavy atom. The number of benzene rings is 2. The van der Waals surface area contributed by atoms with E-state index in [1.807, 2.05) is 6.07 Å². The molecule has 2 heterocycles. The molecule has 3 nitrogen and oxygen atoms in total. The molecule has 3 aromatic rings. The Bertz CT molecular complexity index is 824. The zero-order valence-electron chi connectivity index (χ0n) is 14.8. The van der Waals surface area contributed by atoms with Crippen molar-refractivity contribution >= 4 is 10.9 Å². The molecule has 4 rings (SSSR count). The van der Waals surface area contributed by atoms with Gasteiger partial charge >= 0.3 is 0 Å². The van der Waals surface area contributed by atoms with Crippen molar-refractivity contribution in [2.45, 2.75) is 32.4 Å². The van der Waals surface area contributed by atoms with Crippen LogP contribution in [0.15, 0.2) is 54.6 Å². The van der Waals surface area contributed by atoms with Gasteiger partial charge in [-0.2, -0.15) is 0 Å². The molecule has 1 aromatic heterocycles. The van der Waals surface area contributed by atoms with Gasteiger partial charge in [0.25, 0.3) is 0 Å². The molecule has 1 aliphatic rings. The first-order valence-corrected chi connectivity index (χ1v) is 9.26. The molecule has 2 unspecified atom stereocenters. The number of fused-ring (bicyclic) bond motifs is 3. The molecule has 2 N–H and O–H groups in total. The Balaban J connectivity index is 1.38. The van der Waals surface area contributed by atoms with Crippen LogP contribution in [0.3, 0.4) is 0 Å². The zero-order valence-corrected chi connectivity index (χ0v) is 14.8. The lowest BCUT2D eigenvalue weighted by molar-refractivity contribution is 0.0855. The second kappa shape index (κ2) is 7.42. The first kappa shape index (κ1) is 16.4. The van der Waals surface area contributed by atoms with Crippen molar-refractivity contribution in [3.63, 3.8) is 0 Å². The summed E-state index contributed by atoms with van der Waals surface area (Å²) in [4.78, 5) is 3.65. The molecule has 0 amide bonds. The topological polar surface area (TPSA) is 37.0 Å². The van der Waals surface area contributed by atoms with Gasteiger partial charge in [0, 0.05) is 29.2 Å². The van der Waals surface area contributed by atoms with Gasteiger partial charge < -0.3 is 15.0 Å². The lowest BCUT2D eigenvalue weighted by Crippen LogP contribution is -2.31. The minimum absolute atomic E-state index is 0.395. The number of aromatic amines is 1. The highest BCUT2D eigenvalue weighted by Gasteiger charge is 2.25. The predicted molar refractivity (Wildman–Crippen MR) is 103 cm³/mol. The van der Waals surface area contributed by atoms with Gasteiger partial charge in [-0.3, -0.25) is 0 Å². The summed E-state index contributed by atoms with van der Waals surface area (Å²) in [5.74, 6) is 0.513. The molecule has 2 atom stereocenters. The fourth-order valence-corrected chi connectivity index (χ4v) is 3.88. The van der Waals surface area contributed by atoms with Crippen molar-refractivity contribution in [2.24, 2.45) is 5.92 Å². The van der Waals surface area contributed by atoms with E-state index in [-0.39, 0.29) is 0 Å². The highest BCUT2D eigenvalue weighted by molar-refractivity contribution is 5.85. The molecule has 130 valence electrons. The number of rotatable bonds is 6. The Morgan fingerprint density at radius 3 is 2.76 bits per heavy atom. The molecule has 3 heteroatoms. The van der Waals surface area contributed by atoms with Crippen LogP contribution in [0.5, 0.6) is 0 Å². The molecule has 0 saturated heterocycles. The predicted octanol–water partition coefficient (Wildman–Crippen LogP) is 4.60. The average Bonchev–Trinajstić information content (AvgIpc) is 3.03. The summed E-state index contributed by atoms with van der Waals surface area (Å²) >= 11 is 0. The number of hydrogen-bond donors (Lipinski definition) is 2. The second-order valence-electron chi connectivity index (χ2n) is 7.16. The van der Waals surface area contributed by atoms with Crippen molar-refractivity contribution in [1.29, 1.82) is 0 Å². The lowest BCUT2D eigenvalue weighted by Gasteiger charge is -2.27. The fraction of sp³-hybridized carbons (Fsp3) is 0.364. The molecular weight excluding hydrogens is 308 g/mol. The first-order chi connectivity index (χ1) is 12.3. The highest BCUT2D eigenvalue weighted by Crippen LogP contribution is 2.32. The van der Waals surface area contributed by atoms with Gasteiger partial charge in [0.1, 0.15) is 0 Å². The maximum Gasteiger partial charge on any atom is 0.0717 e. The van der Waals surface area contributed by atoms with E-state index in [1.54, 1.807) is 0 Å². The van der Waals surface area contributed by atoms with Gasteiger partial charge in [-0.25, -0.2) is 0 Å². The zero-order chi connectivity index (χ0) is 17.1. The minimum atomic E-state index is 0.395. The Hall–Kier alpha value is -2.10. The van der Waals surface area contributed by atoms with Crippen LogP contribution in [0.4, 0.5) is 0 Å². The molecular formula is C22H26N2O. The molecule has 2 aromatic carbocycles. The van der Waals surface area contributed by atoms with Gasteiger partial charge in [-0.1, -0.05) is 55.5 Å². The number of aromatic nitrogens is 1. The van der Waals surface area contributed by atoms with Crippen LogP contribution in [-0.4, -0.2) is 18.1 Å². The van der Waals surface area contributed by atoms with Crippen LogP contribution in [0.25, 0.3) is 10.9 Å². The number of ether oxygens (including phenoxy) is 1. The summed E-state index contributed by atoms with van der Waals surface area (Å²) in [6.07, 6.45) is 2.20. The summed E-state index contributed by atoms with van der Waals surface area (Å²) in [7, 11) is 0. The minimum Gasteiger partial charge on any atom is -0.376 e. The summed E-state index contributed by atoms with van der Waals surface area (Å²) in [5, 5.41) is 5.07. The van der Waals surface area contributed by atoms with E-state index >= 15 is 0 Å². The number of hydrogen-bond acceptors (Lipinski definition) is 2. The Morgan fingerprint density at radius 2 is 1.88 bits per heavy atom. The molecule has 1 aliphatic heterocycles. The van der Waals surface area contributed by atoms with Crippen LogP contribution in [-0.2, 0) is 17.8 Å². The van der Waals surface area contributed by atoms with E-state index in [4.69, 9.17) is 4.74 Å². The molecule has 25 heavy (non-hydrogen) atoms. The van der Waals surface area contributed by atoms with Crippen molar-refractivity contribution < 1.29 is 4.74 Å². The summed E-state index contributed by atoms with van der Waals surface area (Å²) < 4.78 is 5.93. The van der Waals surface area contributed by atoms with Crippen molar-refractivity contribution in [3.05, 3.63) is 71.4 Å². The average molecular weight is 334 g/mol. The quantitative estimate of drug-likeness (QED) is 0.691. The summed E-state index contributed by atoms with van der Waals surface area (Å²) in [6.45, 7) is 4.82. The first-order valence-electron chi connectivity index (χ1n) is 9.26. The Kier molecular flexibility index (Phi) is 4.86. The van der Waals surface area contributed by atoms with E-state index in [9.17, 15) is 0 Å². The molecule has 0 spiro atoms. The van der Waals surface area contributed by atoms with Gasteiger partial charge in [0.15, 0.2) is 0 Å². The van der Waals surface area contributed by atoms with Crippen LogP contribution < -0.4 is 5.32 Å². The molecule has 0 radical (unpaired) electrons. The van der Waals surface area contributed by atoms with Crippen molar-refractivity contribution in [1.82, 2.24) is 10.3 Å². The molecule has 0 bridgehead atoms. The highest BCUT2D eigenvalue weighted by atomic mass is 16.5. The third kappa shape index (κ3) is 3.63. The van der Waals surface area contributed by atoms with Crippen molar-refractivity contribution in [2.75, 3.05) is 13.2 Å². The van der Waals surface area contributed by atoms with Gasteiger partial charge in [0.05, 0.1) is 6.61 Å². The van der Waals surface area contributed by atoms with Crippen LogP contribution >= 0.6 is 0 Å². The third-order valence-electron chi connectivity index (χ3n) is 5.11. The maximum absolute atomic E-state index is 5.93. The lowest BCUT2D eigenvalue weighted by atomic mass is 9.93. The van der Waals surface area contributed by atoms with Crippen LogP contribution in [0.1, 0.15) is 36.2 Å². The van der Waals surface area contributed by atoms with Crippen LogP contribution in [0, 0.1) is 5.92 Å². The molecule has 0 fully saturated rings. The van der Waals surface area contributed by atoms with E-state index < -0.39 is 0 Å². The normalized spacial score (nSPS) is 18.2. The van der Waals surface area contributed by atoms with E-state index in [1.165, 1.54) is 27.7 Å². The molecule has 0 aliphatic carbocycles. The monoisotopic (exact) mass is 334 g/mol. The number of para-hydroxylation sites is 1. The van der Waals surface area contributed by atoms with E-state index in [0.29, 0.717) is 18.6 Å². The Labute approximate surface area is 149 Å². The third-order valence-corrected chi connectivity index (χ3v) is 5.11. The SMILES string of the molecule is CC(COCc1ccccc1)CC1NCCc2c1[nH]c1ccccc21. The van der Waals surface area contributed by atoms with Crippen LogP contribution in [0.2, 0.25) is 0 Å². The number of H-pyrrole nitrogens is 1. The summed E-state index contributed by atoms with van der Waals surface area (Å²) in [5.41, 5.74) is 5.37. The molecule has 0 saturated carbocycles. The standard InChI is InChI=1S/C22H26N2O/c1-16(14-25-15-17-7-3-2-4-8-17)13-21-22-19(11-12-23-21)18-9-5-6-10-20(18)24-22/h2-10,16,21,23-24H,11-15H2,1H3. The summed E-state index contributed by atoms with van der Waals surface area (Å²) in [6, 6.07) is 19.4. The smallest absolute Gasteiger partial charge is 0.0717 e. The largest absolute Gasteiger partial charge is 0.376 e. The van der Waals surface area contributed by atoms with E-state index in [0.717, 1.165) is 26.0 Å². The maximum atomic E-state index is 5.93. The van der Waals surface area contributed by atoms with Gasteiger partial charge in [-0.15, -0.1) is 0 Å². The fourth-order valence-electron chi connectivity index (χ4n) is 3.88. The van der Waals surface area contributed by atoms with Gasteiger partial charge in [-0.05, 0) is 42.5 Å². The van der Waals surface area contributed by atoms with E-state index in [2.05, 4.69) is 65.8 Å². The number of nitrogens with one attached hydrogen (secondary N) is 2.